The van der Waals surface area contributed by atoms with Crippen LogP contribution in [0.3, 0.4) is 0 Å². The molecule has 1 N–H and O–H groups in total. The summed E-state index contributed by atoms with van der Waals surface area (Å²) in [5.74, 6) is -2.67. The summed E-state index contributed by atoms with van der Waals surface area (Å²) in [5, 5.41) is 11.3. The van der Waals surface area contributed by atoms with Gasteiger partial charge in [0.05, 0.1) is 5.69 Å². The highest BCUT2D eigenvalue weighted by Gasteiger charge is 2.33. The van der Waals surface area contributed by atoms with Gasteiger partial charge in [-0.15, -0.1) is 12.4 Å². The number of aryl methyl sites for hydroxylation is 3. The van der Waals surface area contributed by atoms with Crippen LogP contribution in [0.4, 0.5) is 13.2 Å². The van der Waals surface area contributed by atoms with E-state index in [9.17, 15) is 13.2 Å². The molecule has 4 nitrogen and oxygen atoms in total. The third-order valence-electron chi connectivity index (χ3n) is 4.17. The third-order valence-corrected chi connectivity index (χ3v) is 4.17. The number of benzene rings is 1. The normalized spacial score (nSPS) is 13.0. The summed E-state index contributed by atoms with van der Waals surface area (Å²) >= 11 is 0. The predicted octanol–water partition coefficient (Wildman–Crippen LogP) is 4.53. The molecular weight excluding hydrogens is 377 g/mol. The van der Waals surface area contributed by atoms with E-state index in [-0.39, 0.29) is 24.8 Å². The molecule has 0 radical (unpaired) electrons. The maximum Gasteiger partial charge on any atom is 0.285 e. The van der Waals surface area contributed by atoms with Crippen molar-refractivity contribution in [2.75, 3.05) is 6.54 Å². The van der Waals surface area contributed by atoms with Gasteiger partial charge in [0.2, 0.25) is 11.6 Å². The van der Waals surface area contributed by atoms with Crippen molar-refractivity contribution in [1.29, 1.82) is 5.26 Å². The molecule has 0 aliphatic heterocycles. The molecule has 2 aromatic rings. The number of alkyl halides is 3. The van der Waals surface area contributed by atoms with Gasteiger partial charge in [0.1, 0.15) is 6.07 Å². The Bertz CT molecular complexity index is 819. The van der Waals surface area contributed by atoms with Crippen LogP contribution in [-0.4, -0.2) is 28.7 Å². The van der Waals surface area contributed by atoms with Crippen molar-refractivity contribution in [2.24, 2.45) is 0 Å². The number of rotatable bonds is 7. The van der Waals surface area contributed by atoms with Crippen molar-refractivity contribution in [3.63, 3.8) is 0 Å². The van der Waals surface area contributed by atoms with Gasteiger partial charge in [-0.3, -0.25) is 5.32 Å². The van der Waals surface area contributed by atoms with Gasteiger partial charge in [-0.1, -0.05) is 12.1 Å². The average Bonchev–Trinajstić information content (AvgIpc) is 2.60. The van der Waals surface area contributed by atoms with Crippen LogP contribution in [0.15, 0.2) is 24.3 Å². The van der Waals surface area contributed by atoms with Crippen LogP contribution in [0.1, 0.15) is 36.0 Å². The molecule has 146 valence electrons. The minimum absolute atomic E-state index is 0. The second-order valence-corrected chi connectivity index (χ2v) is 6.39. The maximum absolute atomic E-state index is 13.5. The Kier molecular flexibility index (Phi) is 8.20. The van der Waals surface area contributed by atoms with Gasteiger partial charge in [-0.05, 0) is 63.4 Å². The summed E-state index contributed by atoms with van der Waals surface area (Å²) < 4.78 is 38.4. The van der Waals surface area contributed by atoms with Gasteiger partial charge in [-0.25, -0.2) is 23.1 Å². The Labute approximate surface area is 163 Å². The van der Waals surface area contributed by atoms with Crippen molar-refractivity contribution < 1.29 is 13.2 Å². The first kappa shape index (κ1) is 22.9. The average molecular weight is 399 g/mol. The van der Waals surface area contributed by atoms with Gasteiger partial charge in [0.15, 0.2) is 0 Å². The fraction of sp³-hybridized carbons (Fsp3) is 0.421. The molecule has 0 amide bonds. The fourth-order valence-electron chi connectivity index (χ4n) is 2.40. The highest BCUT2D eigenvalue weighted by molar-refractivity contribution is 5.85. The van der Waals surface area contributed by atoms with Crippen LogP contribution in [0.5, 0.6) is 0 Å². The molecule has 0 spiro atoms. The van der Waals surface area contributed by atoms with Crippen LogP contribution >= 0.6 is 12.4 Å². The van der Waals surface area contributed by atoms with Crippen molar-refractivity contribution in [3.8, 4) is 17.3 Å². The lowest BCUT2D eigenvalue weighted by Gasteiger charge is -2.20. The number of halogens is 4. The van der Waals surface area contributed by atoms with E-state index in [0.29, 0.717) is 24.2 Å². The SMILES string of the molecule is Cc1ccc(-c2cc(CCCNC(C)(F)C(F)F)nc(C#N)n2)cc1C.Cl. The third kappa shape index (κ3) is 6.19. The van der Waals surface area contributed by atoms with E-state index in [1.54, 1.807) is 6.07 Å². The second-order valence-electron chi connectivity index (χ2n) is 6.39. The van der Waals surface area contributed by atoms with E-state index in [1.165, 1.54) is 0 Å². The summed E-state index contributed by atoms with van der Waals surface area (Å²) in [6, 6.07) is 9.60. The molecular formula is C19H22ClF3N4. The van der Waals surface area contributed by atoms with E-state index in [1.807, 2.05) is 38.1 Å². The first-order chi connectivity index (χ1) is 12.2. The number of hydrogen-bond donors (Lipinski definition) is 1. The number of nitrogens with one attached hydrogen (secondary N) is 1. The van der Waals surface area contributed by atoms with E-state index in [4.69, 9.17) is 5.26 Å². The minimum Gasteiger partial charge on any atom is -0.281 e. The predicted molar refractivity (Wildman–Crippen MR) is 101 cm³/mol. The van der Waals surface area contributed by atoms with E-state index in [0.717, 1.165) is 23.6 Å². The van der Waals surface area contributed by atoms with Crippen molar-refractivity contribution in [3.05, 3.63) is 46.9 Å². The largest absolute Gasteiger partial charge is 0.285 e. The van der Waals surface area contributed by atoms with Gasteiger partial charge < -0.3 is 0 Å². The molecule has 0 aliphatic carbocycles. The van der Waals surface area contributed by atoms with Crippen LogP contribution in [-0.2, 0) is 6.42 Å². The smallest absolute Gasteiger partial charge is 0.281 e. The Morgan fingerprint density at radius 2 is 1.89 bits per heavy atom. The summed E-state index contributed by atoms with van der Waals surface area (Å²) in [5.41, 5.74) is 4.39. The van der Waals surface area contributed by atoms with Crippen LogP contribution < -0.4 is 5.32 Å². The Morgan fingerprint density at radius 3 is 2.48 bits per heavy atom. The van der Waals surface area contributed by atoms with Gasteiger partial charge in [-0.2, -0.15) is 5.26 Å². The molecule has 2 rings (SSSR count). The Morgan fingerprint density at radius 1 is 1.19 bits per heavy atom. The van der Waals surface area contributed by atoms with Crippen LogP contribution in [0.2, 0.25) is 0 Å². The zero-order chi connectivity index (χ0) is 19.3. The van der Waals surface area contributed by atoms with E-state index in [2.05, 4.69) is 15.3 Å². The maximum atomic E-state index is 13.5. The quantitative estimate of drug-likeness (QED) is 0.550. The molecule has 0 saturated heterocycles. The van der Waals surface area contributed by atoms with Gasteiger partial charge in [0, 0.05) is 11.3 Å². The minimum atomic E-state index is -3.09. The Hall–Kier alpha value is -2.17. The molecule has 1 unspecified atom stereocenters. The molecule has 0 saturated carbocycles. The number of nitrogens with zero attached hydrogens (tertiary/aromatic N) is 3. The summed E-state index contributed by atoms with van der Waals surface area (Å²) in [6.07, 6.45) is -2.27. The first-order valence-electron chi connectivity index (χ1n) is 8.30. The standard InChI is InChI=1S/C19H21F3N4.ClH/c1-12-6-7-14(9-13(12)2)16-10-15(25-17(11-23)26-16)5-4-8-24-19(3,22)18(20)21;/h6-7,9-10,18,24H,4-5,8H2,1-3H3;1H. The zero-order valence-corrected chi connectivity index (χ0v) is 16.2. The van der Waals surface area contributed by atoms with Gasteiger partial charge >= 0.3 is 0 Å². The van der Waals surface area contributed by atoms with Crippen LogP contribution in [0, 0.1) is 25.2 Å². The summed E-state index contributed by atoms with van der Waals surface area (Å²) in [7, 11) is 0. The summed E-state index contributed by atoms with van der Waals surface area (Å²) in [6.45, 7) is 4.89. The number of aromatic nitrogens is 2. The summed E-state index contributed by atoms with van der Waals surface area (Å²) in [4.78, 5) is 8.38. The Balaban J connectivity index is 0.00000364. The lowest BCUT2D eigenvalue weighted by Crippen LogP contribution is -2.44. The lowest BCUT2D eigenvalue weighted by molar-refractivity contribution is -0.0448. The van der Waals surface area contributed by atoms with E-state index < -0.39 is 12.2 Å². The molecule has 1 aromatic heterocycles. The van der Waals surface area contributed by atoms with Crippen molar-refractivity contribution >= 4 is 12.4 Å². The molecule has 0 bridgehead atoms. The highest BCUT2D eigenvalue weighted by atomic mass is 35.5. The molecule has 8 heteroatoms. The molecule has 0 fully saturated rings. The van der Waals surface area contributed by atoms with Crippen LogP contribution in [0.25, 0.3) is 11.3 Å². The molecule has 27 heavy (non-hydrogen) atoms. The fourth-order valence-corrected chi connectivity index (χ4v) is 2.40. The van der Waals surface area contributed by atoms with Crippen molar-refractivity contribution in [2.45, 2.75) is 45.8 Å². The topological polar surface area (TPSA) is 61.6 Å². The second kappa shape index (κ2) is 9.67. The lowest BCUT2D eigenvalue weighted by atomic mass is 10.0. The highest BCUT2D eigenvalue weighted by Crippen LogP contribution is 2.22. The molecule has 1 heterocycles. The number of nitriles is 1. The molecule has 0 aliphatic rings. The van der Waals surface area contributed by atoms with E-state index >= 15 is 0 Å². The number of hydrogen-bond acceptors (Lipinski definition) is 4. The molecule has 1 aromatic carbocycles. The molecule has 1 atom stereocenters. The zero-order valence-electron chi connectivity index (χ0n) is 15.4. The monoisotopic (exact) mass is 398 g/mol. The van der Waals surface area contributed by atoms with Crippen molar-refractivity contribution in [1.82, 2.24) is 15.3 Å². The first-order valence-corrected chi connectivity index (χ1v) is 8.30. The van der Waals surface area contributed by atoms with Gasteiger partial charge in [0.25, 0.3) is 6.43 Å².